The second kappa shape index (κ2) is 4.01. The average molecular weight is 246 g/mol. The molecule has 0 aromatic heterocycles. The number of ether oxygens (including phenoxy) is 1. The van der Waals surface area contributed by atoms with Gasteiger partial charge in [0.25, 0.3) is 0 Å². The molecule has 1 saturated carbocycles. The highest BCUT2D eigenvalue weighted by Crippen LogP contribution is 2.54. The van der Waals surface area contributed by atoms with Crippen LogP contribution in [-0.2, 0) is 23.1 Å². The van der Waals surface area contributed by atoms with Crippen LogP contribution in [0.4, 0.5) is 0 Å². The van der Waals surface area contributed by atoms with Gasteiger partial charge in [0.05, 0.1) is 12.5 Å². The molecule has 18 heavy (non-hydrogen) atoms. The van der Waals surface area contributed by atoms with E-state index in [4.69, 9.17) is 4.74 Å². The van der Waals surface area contributed by atoms with E-state index in [0.717, 1.165) is 43.4 Å². The van der Waals surface area contributed by atoms with Crippen molar-refractivity contribution in [2.45, 2.75) is 43.9 Å². The van der Waals surface area contributed by atoms with Gasteiger partial charge in [0.15, 0.2) is 0 Å². The molecule has 1 aromatic carbocycles. The van der Waals surface area contributed by atoms with E-state index < -0.39 is 11.4 Å². The molecule has 0 bridgehead atoms. The standard InChI is InChI=1S/C15H18O3/c1-18-12-7-6-10-4-2-3-5-11(10)13(12)15(8-9-15)14(16)17/h6-7H,2-5,8-9H2,1H3,(H,16,17). The summed E-state index contributed by atoms with van der Waals surface area (Å²) in [6.07, 6.45) is 5.92. The van der Waals surface area contributed by atoms with Crippen molar-refractivity contribution in [1.29, 1.82) is 0 Å². The summed E-state index contributed by atoms with van der Waals surface area (Å²) in [7, 11) is 1.63. The molecule has 2 aliphatic rings. The lowest BCUT2D eigenvalue weighted by Crippen LogP contribution is -2.24. The van der Waals surface area contributed by atoms with Crippen LogP contribution in [0.25, 0.3) is 0 Å². The molecule has 0 saturated heterocycles. The lowest BCUT2D eigenvalue weighted by atomic mass is 9.81. The summed E-state index contributed by atoms with van der Waals surface area (Å²) in [4.78, 5) is 11.6. The van der Waals surface area contributed by atoms with E-state index in [0.29, 0.717) is 0 Å². The van der Waals surface area contributed by atoms with E-state index in [1.165, 1.54) is 17.5 Å². The number of carboxylic acids is 1. The van der Waals surface area contributed by atoms with Crippen LogP contribution in [0.2, 0.25) is 0 Å². The van der Waals surface area contributed by atoms with Crippen LogP contribution in [0, 0.1) is 0 Å². The van der Waals surface area contributed by atoms with Gasteiger partial charge in [-0.3, -0.25) is 4.79 Å². The SMILES string of the molecule is COc1ccc2c(c1C1(C(=O)O)CC1)CCCC2. The molecule has 96 valence electrons. The van der Waals surface area contributed by atoms with Gasteiger partial charge in [0.1, 0.15) is 5.75 Å². The van der Waals surface area contributed by atoms with E-state index in [-0.39, 0.29) is 0 Å². The summed E-state index contributed by atoms with van der Waals surface area (Å²) in [6, 6.07) is 4.05. The van der Waals surface area contributed by atoms with E-state index in [2.05, 4.69) is 6.07 Å². The number of carboxylic acid groups (broad SMARTS) is 1. The molecular weight excluding hydrogens is 228 g/mol. The van der Waals surface area contributed by atoms with Crippen molar-refractivity contribution in [3.63, 3.8) is 0 Å². The molecule has 3 nitrogen and oxygen atoms in total. The van der Waals surface area contributed by atoms with Crippen molar-refractivity contribution in [1.82, 2.24) is 0 Å². The number of methoxy groups -OCH3 is 1. The molecule has 0 amide bonds. The molecule has 1 aromatic rings. The van der Waals surface area contributed by atoms with E-state index in [1.807, 2.05) is 6.07 Å². The van der Waals surface area contributed by atoms with Gasteiger partial charge >= 0.3 is 5.97 Å². The topological polar surface area (TPSA) is 46.5 Å². The van der Waals surface area contributed by atoms with Gasteiger partial charge in [-0.2, -0.15) is 0 Å². The van der Waals surface area contributed by atoms with Crippen LogP contribution >= 0.6 is 0 Å². The van der Waals surface area contributed by atoms with E-state index in [1.54, 1.807) is 7.11 Å². The first-order valence-corrected chi connectivity index (χ1v) is 6.62. The Labute approximate surface area is 107 Å². The van der Waals surface area contributed by atoms with E-state index >= 15 is 0 Å². The third kappa shape index (κ3) is 1.53. The Morgan fingerprint density at radius 3 is 2.61 bits per heavy atom. The summed E-state index contributed by atoms with van der Waals surface area (Å²) in [5.74, 6) is 0.0651. The van der Waals surface area contributed by atoms with Crippen LogP contribution in [0.15, 0.2) is 12.1 Å². The molecule has 0 unspecified atom stereocenters. The number of rotatable bonds is 3. The molecule has 3 heteroatoms. The minimum absolute atomic E-state index is 0.659. The smallest absolute Gasteiger partial charge is 0.314 e. The highest BCUT2D eigenvalue weighted by molar-refractivity contribution is 5.87. The summed E-state index contributed by atoms with van der Waals surface area (Å²) in [6.45, 7) is 0. The summed E-state index contributed by atoms with van der Waals surface area (Å²) < 4.78 is 5.42. The highest BCUT2D eigenvalue weighted by Gasteiger charge is 2.54. The van der Waals surface area contributed by atoms with Gasteiger partial charge in [0, 0.05) is 5.56 Å². The monoisotopic (exact) mass is 246 g/mol. The molecule has 2 aliphatic carbocycles. The summed E-state index contributed by atoms with van der Waals surface area (Å²) >= 11 is 0. The van der Waals surface area contributed by atoms with Crippen molar-refractivity contribution >= 4 is 5.97 Å². The lowest BCUT2D eigenvalue weighted by Gasteiger charge is -2.25. The number of hydrogen-bond acceptors (Lipinski definition) is 2. The first-order chi connectivity index (χ1) is 8.69. The van der Waals surface area contributed by atoms with Crippen LogP contribution in [-0.4, -0.2) is 18.2 Å². The normalized spacial score (nSPS) is 20.1. The number of carbonyl (C=O) groups is 1. The van der Waals surface area contributed by atoms with Crippen LogP contribution in [0.5, 0.6) is 5.75 Å². The molecule has 1 fully saturated rings. The largest absolute Gasteiger partial charge is 0.496 e. The van der Waals surface area contributed by atoms with Gasteiger partial charge < -0.3 is 9.84 Å². The molecule has 1 N–H and O–H groups in total. The van der Waals surface area contributed by atoms with Crippen LogP contribution < -0.4 is 4.74 Å². The Bertz CT molecular complexity index is 501. The average Bonchev–Trinajstić information content (AvgIpc) is 3.18. The molecule has 0 atom stereocenters. The maximum Gasteiger partial charge on any atom is 0.314 e. The number of hydrogen-bond donors (Lipinski definition) is 1. The maximum absolute atomic E-state index is 11.6. The second-order valence-corrected chi connectivity index (χ2v) is 5.37. The summed E-state index contributed by atoms with van der Waals surface area (Å²) in [5, 5.41) is 9.52. The van der Waals surface area contributed by atoms with E-state index in [9.17, 15) is 9.90 Å². The first-order valence-electron chi connectivity index (χ1n) is 6.62. The minimum atomic E-state index is -0.695. The van der Waals surface area contributed by atoms with Crippen molar-refractivity contribution < 1.29 is 14.6 Å². The quantitative estimate of drug-likeness (QED) is 0.892. The number of aryl methyl sites for hydroxylation is 1. The number of fused-ring (bicyclic) bond motifs is 1. The van der Waals surface area contributed by atoms with Crippen LogP contribution in [0.1, 0.15) is 42.4 Å². The third-order valence-corrected chi connectivity index (χ3v) is 4.35. The highest BCUT2D eigenvalue weighted by atomic mass is 16.5. The van der Waals surface area contributed by atoms with Gasteiger partial charge in [-0.05, 0) is 55.7 Å². The van der Waals surface area contributed by atoms with Crippen molar-refractivity contribution in [2.75, 3.05) is 7.11 Å². The predicted molar refractivity (Wildman–Crippen MR) is 68.2 cm³/mol. The fourth-order valence-electron chi connectivity index (χ4n) is 3.20. The Morgan fingerprint density at radius 2 is 2.00 bits per heavy atom. The zero-order valence-electron chi connectivity index (χ0n) is 10.7. The molecule has 0 spiro atoms. The van der Waals surface area contributed by atoms with Gasteiger partial charge in [-0.25, -0.2) is 0 Å². The van der Waals surface area contributed by atoms with Gasteiger partial charge in [0.2, 0.25) is 0 Å². The fraction of sp³-hybridized carbons (Fsp3) is 0.533. The molecule has 0 aliphatic heterocycles. The molecule has 3 rings (SSSR count). The molecular formula is C15H18O3. The number of benzene rings is 1. The Balaban J connectivity index is 2.19. The predicted octanol–water partition coefficient (Wildman–Crippen LogP) is 2.69. The Hall–Kier alpha value is -1.51. The Kier molecular flexibility index (Phi) is 2.58. The fourth-order valence-corrected chi connectivity index (χ4v) is 3.20. The molecule has 0 heterocycles. The zero-order valence-corrected chi connectivity index (χ0v) is 10.7. The first kappa shape index (κ1) is 11.6. The summed E-state index contributed by atoms with van der Waals surface area (Å²) in [5.41, 5.74) is 2.88. The van der Waals surface area contributed by atoms with Crippen molar-refractivity contribution in [3.8, 4) is 5.75 Å². The Morgan fingerprint density at radius 1 is 1.28 bits per heavy atom. The third-order valence-electron chi connectivity index (χ3n) is 4.35. The zero-order chi connectivity index (χ0) is 12.8. The van der Waals surface area contributed by atoms with Gasteiger partial charge in [-0.15, -0.1) is 0 Å². The second-order valence-electron chi connectivity index (χ2n) is 5.37. The van der Waals surface area contributed by atoms with Crippen molar-refractivity contribution in [2.24, 2.45) is 0 Å². The maximum atomic E-state index is 11.6. The molecule has 0 radical (unpaired) electrons. The van der Waals surface area contributed by atoms with Crippen molar-refractivity contribution in [3.05, 3.63) is 28.8 Å². The lowest BCUT2D eigenvalue weighted by molar-refractivity contribution is -0.140. The minimum Gasteiger partial charge on any atom is -0.496 e. The van der Waals surface area contributed by atoms with Crippen LogP contribution in [0.3, 0.4) is 0 Å². The number of aliphatic carboxylic acids is 1. The van der Waals surface area contributed by atoms with Gasteiger partial charge in [-0.1, -0.05) is 6.07 Å².